The molecule has 1 atom stereocenters. The third-order valence-corrected chi connectivity index (χ3v) is 5.78. The fraction of sp³-hybridized carbons (Fsp3) is 0.350. The van der Waals surface area contributed by atoms with Crippen LogP contribution in [0.15, 0.2) is 36.4 Å². The minimum absolute atomic E-state index is 0.128. The summed E-state index contributed by atoms with van der Waals surface area (Å²) in [5.41, 5.74) is 1.76. The number of rotatable bonds is 5. The Morgan fingerprint density at radius 1 is 1.17 bits per heavy atom. The van der Waals surface area contributed by atoms with Gasteiger partial charge in [0.1, 0.15) is 17.2 Å². The number of hydrogen-bond acceptors (Lipinski definition) is 6. The number of aryl methyl sites for hydroxylation is 1. The molecule has 8 nitrogen and oxygen atoms in total. The number of amides is 1. The molecule has 9 heteroatoms. The predicted molar refractivity (Wildman–Crippen MR) is 111 cm³/mol. The van der Waals surface area contributed by atoms with Crippen LogP contribution in [-0.4, -0.2) is 47.4 Å². The van der Waals surface area contributed by atoms with Gasteiger partial charge in [0.15, 0.2) is 6.10 Å². The van der Waals surface area contributed by atoms with E-state index in [1.54, 1.807) is 30.3 Å². The summed E-state index contributed by atoms with van der Waals surface area (Å²) in [6, 6.07) is 10.3. The summed E-state index contributed by atoms with van der Waals surface area (Å²) in [7, 11) is -0.492. The summed E-state index contributed by atoms with van der Waals surface area (Å²) in [4.78, 5) is 12.9. The quantitative estimate of drug-likeness (QED) is 0.799. The van der Waals surface area contributed by atoms with Crippen molar-refractivity contribution >= 4 is 27.3 Å². The molecule has 29 heavy (non-hydrogen) atoms. The molecule has 0 saturated carbocycles. The van der Waals surface area contributed by atoms with Gasteiger partial charge in [-0.05, 0) is 36.8 Å². The standard InChI is InChI=1S/C20H24N2O6S/c1-13-5-7-18-16(11-13)22(29(4,24)25)10-9-19(28-18)20(23)21-15-12-14(26-2)6-8-17(15)27-3/h5-8,11-12,19H,9-10H2,1-4H3,(H,21,23)/t19-/m1/s1. The third-order valence-electron chi connectivity index (χ3n) is 4.60. The molecule has 3 rings (SSSR count). The van der Waals surface area contributed by atoms with Crippen molar-refractivity contribution in [3.63, 3.8) is 0 Å². The van der Waals surface area contributed by atoms with Gasteiger partial charge in [-0.15, -0.1) is 0 Å². The number of fused-ring (bicyclic) bond motifs is 1. The molecule has 0 fully saturated rings. The van der Waals surface area contributed by atoms with Crippen molar-refractivity contribution in [3.8, 4) is 17.2 Å². The van der Waals surface area contributed by atoms with Crippen molar-refractivity contribution < 1.29 is 27.4 Å². The van der Waals surface area contributed by atoms with Crippen LogP contribution >= 0.6 is 0 Å². The van der Waals surface area contributed by atoms with Gasteiger partial charge in [-0.2, -0.15) is 0 Å². The van der Waals surface area contributed by atoms with Crippen LogP contribution in [-0.2, 0) is 14.8 Å². The van der Waals surface area contributed by atoms with Crippen LogP contribution in [0.4, 0.5) is 11.4 Å². The zero-order chi connectivity index (χ0) is 21.2. The summed E-state index contributed by atoms with van der Waals surface area (Å²) in [5.74, 6) is 0.975. The number of benzene rings is 2. The SMILES string of the molecule is COc1ccc(OC)c(NC(=O)[C@H]2CCN(S(C)(=O)=O)c3cc(C)ccc3O2)c1. The second kappa shape index (κ2) is 8.20. The summed E-state index contributed by atoms with van der Waals surface area (Å²) < 4.78 is 42.2. The Kier molecular flexibility index (Phi) is 5.88. The molecule has 0 aliphatic carbocycles. The first-order valence-electron chi connectivity index (χ1n) is 9.01. The molecule has 1 heterocycles. The first-order valence-corrected chi connectivity index (χ1v) is 10.9. The van der Waals surface area contributed by atoms with E-state index in [-0.39, 0.29) is 13.0 Å². The van der Waals surface area contributed by atoms with Crippen LogP contribution in [0, 0.1) is 6.92 Å². The van der Waals surface area contributed by atoms with E-state index in [0.717, 1.165) is 11.8 Å². The predicted octanol–water partition coefficient (Wildman–Crippen LogP) is 2.57. The minimum Gasteiger partial charge on any atom is -0.497 e. The topological polar surface area (TPSA) is 94.2 Å². The van der Waals surface area contributed by atoms with E-state index in [9.17, 15) is 13.2 Å². The van der Waals surface area contributed by atoms with Crippen molar-refractivity contribution in [2.45, 2.75) is 19.4 Å². The Labute approximate surface area is 170 Å². The maximum Gasteiger partial charge on any atom is 0.265 e. The second-order valence-corrected chi connectivity index (χ2v) is 8.66. The molecular weight excluding hydrogens is 396 g/mol. The van der Waals surface area contributed by atoms with Gasteiger partial charge >= 0.3 is 0 Å². The maximum atomic E-state index is 12.9. The smallest absolute Gasteiger partial charge is 0.265 e. The summed E-state index contributed by atoms with van der Waals surface area (Å²) >= 11 is 0. The fourth-order valence-electron chi connectivity index (χ4n) is 3.14. The van der Waals surface area contributed by atoms with Crippen molar-refractivity contribution in [1.82, 2.24) is 0 Å². The van der Waals surface area contributed by atoms with Crippen LogP contribution in [0.2, 0.25) is 0 Å². The Morgan fingerprint density at radius 2 is 1.93 bits per heavy atom. The van der Waals surface area contributed by atoms with Crippen LogP contribution in [0.25, 0.3) is 0 Å². The van der Waals surface area contributed by atoms with Gasteiger partial charge in [-0.25, -0.2) is 8.42 Å². The number of sulfonamides is 1. The molecule has 0 unspecified atom stereocenters. The number of methoxy groups -OCH3 is 2. The lowest BCUT2D eigenvalue weighted by atomic mass is 10.2. The van der Waals surface area contributed by atoms with E-state index >= 15 is 0 Å². The average Bonchev–Trinajstić information content (AvgIpc) is 2.87. The van der Waals surface area contributed by atoms with Gasteiger partial charge in [-0.3, -0.25) is 9.10 Å². The van der Waals surface area contributed by atoms with Crippen molar-refractivity contribution in [3.05, 3.63) is 42.0 Å². The number of ether oxygens (including phenoxy) is 3. The van der Waals surface area contributed by atoms with Crippen LogP contribution in [0.1, 0.15) is 12.0 Å². The Bertz CT molecular complexity index is 1020. The highest BCUT2D eigenvalue weighted by Gasteiger charge is 2.31. The number of carbonyl (C=O) groups is 1. The highest BCUT2D eigenvalue weighted by molar-refractivity contribution is 7.92. The van der Waals surface area contributed by atoms with Gasteiger partial charge in [0, 0.05) is 19.0 Å². The lowest BCUT2D eigenvalue weighted by Gasteiger charge is -2.21. The number of hydrogen-bond donors (Lipinski definition) is 1. The maximum absolute atomic E-state index is 12.9. The normalized spacial score (nSPS) is 16.3. The Hall–Kier alpha value is -2.94. The zero-order valence-corrected chi connectivity index (χ0v) is 17.6. The van der Waals surface area contributed by atoms with E-state index in [1.807, 2.05) is 13.0 Å². The van der Waals surface area contributed by atoms with Crippen LogP contribution < -0.4 is 23.8 Å². The molecule has 156 valence electrons. The first kappa shape index (κ1) is 20.8. The van der Waals surface area contributed by atoms with E-state index in [1.165, 1.54) is 18.5 Å². The molecule has 1 aliphatic rings. The Morgan fingerprint density at radius 3 is 2.59 bits per heavy atom. The summed E-state index contributed by atoms with van der Waals surface area (Å²) in [5, 5.41) is 2.79. The van der Waals surface area contributed by atoms with Gasteiger partial charge in [-0.1, -0.05) is 6.07 Å². The van der Waals surface area contributed by atoms with Gasteiger partial charge in [0.05, 0.1) is 31.9 Å². The lowest BCUT2D eigenvalue weighted by molar-refractivity contribution is -0.122. The molecule has 1 aliphatic heterocycles. The van der Waals surface area contributed by atoms with Gasteiger partial charge in [0.25, 0.3) is 5.91 Å². The summed E-state index contributed by atoms with van der Waals surface area (Å²) in [6.45, 7) is 1.99. The molecular formula is C20H24N2O6S. The Balaban J connectivity index is 1.89. The first-order chi connectivity index (χ1) is 13.7. The van der Waals surface area contributed by atoms with Crippen LogP contribution in [0.5, 0.6) is 17.2 Å². The molecule has 1 N–H and O–H groups in total. The third kappa shape index (κ3) is 4.56. The molecule has 1 amide bonds. The monoisotopic (exact) mass is 420 g/mol. The lowest BCUT2D eigenvalue weighted by Crippen LogP contribution is -2.36. The van der Waals surface area contributed by atoms with Gasteiger partial charge in [0.2, 0.25) is 10.0 Å². The molecule has 2 aromatic rings. The minimum atomic E-state index is -3.52. The zero-order valence-electron chi connectivity index (χ0n) is 16.8. The number of nitrogens with one attached hydrogen (secondary N) is 1. The van der Waals surface area contributed by atoms with E-state index in [0.29, 0.717) is 28.6 Å². The van der Waals surface area contributed by atoms with Crippen LogP contribution in [0.3, 0.4) is 0 Å². The van der Waals surface area contributed by atoms with E-state index in [4.69, 9.17) is 14.2 Å². The molecule has 0 saturated heterocycles. The highest BCUT2D eigenvalue weighted by atomic mass is 32.2. The summed E-state index contributed by atoms with van der Waals surface area (Å²) in [6.07, 6.45) is 0.457. The highest BCUT2D eigenvalue weighted by Crippen LogP contribution is 2.36. The number of carbonyl (C=O) groups excluding carboxylic acids is 1. The van der Waals surface area contributed by atoms with Gasteiger partial charge < -0.3 is 19.5 Å². The van der Waals surface area contributed by atoms with Crippen molar-refractivity contribution in [1.29, 1.82) is 0 Å². The number of nitrogens with zero attached hydrogens (tertiary/aromatic N) is 1. The average molecular weight is 420 g/mol. The molecule has 0 bridgehead atoms. The second-order valence-electron chi connectivity index (χ2n) is 6.76. The molecule has 0 aromatic heterocycles. The molecule has 0 spiro atoms. The van der Waals surface area contributed by atoms with E-state index < -0.39 is 22.0 Å². The molecule has 2 aromatic carbocycles. The largest absolute Gasteiger partial charge is 0.497 e. The van der Waals surface area contributed by atoms with Crippen molar-refractivity contribution in [2.75, 3.05) is 36.6 Å². The molecule has 0 radical (unpaired) electrons. The van der Waals surface area contributed by atoms with Crippen molar-refractivity contribution in [2.24, 2.45) is 0 Å². The van der Waals surface area contributed by atoms with E-state index in [2.05, 4.69) is 5.32 Å². The fourth-order valence-corrected chi connectivity index (χ4v) is 4.08. The number of anilines is 2.